The molecule has 1 aliphatic rings. The lowest BCUT2D eigenvalue weighted by Gasteiger charge is -2.35. The van der Waals surface area contributed by atoms with Crippen LogP contribution in [0.2, 0.25) is 10.0 Å². The van der Waals surface area contributed by atoms with Crippen molar-refractivity contribution in [2.45, 2.75) is 64.3 Å². The Labute approximate surface area is 242 Å². The summed E-state index contributed by atoms with van der Waals surface area (Å²) in [5, 5.41) is 23.4. The van der Waals surface area contributed by atoms with Crippen LogP contribution in [0.5, 0.6) is 5.75 Å². The second-order valence-electron chi connectivity index (χ2n) is 9.76. The molecule has 1 heterocycles. The minimum atomic E-state index is -1.64. The van der Waals surface area contributed by atoms with Crippen molar-refractivity contribution in [3.63, 3.8) is 0 Å². The number of β-amino-alcohol motifs (C(OH)–C–C–N with tert-alkyl or cyclic N) is 1. The number of ether oxygens (including phenoxy) is 1. The summed E-state index contributed by atoms with van der Waals surface area (Å²) >= 11 is 12.4. The maximum Gasteiger partial charge on any atom is 0.326 e. The predicted octanol–water partition coefficient (Wildman–Crippen LogP) is 2.94. The highest BCUT2D eigenvalue weighted by molar-refractivity contribution is 6.35. The van der Waals surface area contributed by atoms with Gasteiger partial charge in [-0.15, -0.1) is 0 Å². The number of nitrogens with zero attached hydrogens (tertiary/aromatic N) is 1. The predicted molar refractivity (Wildman–Crippen MR) is 149 cm³/mol. The van der Waals surface area contributed by atoms with Gasteiger partial charge in [0.1, 0.15) is 29.9 Å². The zero-order chi connectivity index (χ0) is 29.6. The number of halogens is 2. The maximum absolute atomic E-state index is 13.6. The number of aliphatic carboxylic acids is 1. The number of carboxylic acids is 1. The van der Waals surface area contributed by atoms with E-state index < -0.39 is 47.3 Å². The Morgan fingerprint density at radius 1 is 1.10 bits per heavy atom. The van der Waals surface area contributed by atoms with E-state index in [9.17, 15) is 29.4 Å². The number of benzene rings is 2. The van der Waals surface area contributed by atoms with Gasteiger partial charge in [0, 0.05) is 35.0 Å². The molecule has 0 radical (unpaired) electrons. The molecule has 3 atom stereocenters. The highest BCUT2D eigenvalue weighted by Crippen LogP contribution is 2.33. The zero-order valence-corrected chi connectivity index (χ0v) is 23.7. The van der Waals surface area contributed by atoms with Crippen molar-refractivity contribution in [1.82, 2.24) is 10.2 Å². The number of hydrogen-bond acceptors (Lipinski definition) is 6. The van der Waals surface area contributed by atoms with E-state index >= 15 is 0 Å². The summed E-state index contributed by atoms with van der Waals surface area (Å²) in [5.74, 6) is -2.98. The Morgan fingerprint density at radius 3 is 2.23 bits per heavy atom. The molecule has 1 unspecified atom stereocenters. The van der Waals surface area contributed by atoms with E-state index in [1.807, 2.05) is 0 Å². The van der Waals surface area contributed by atoms with Gasteiger partial charge < -0.3 is 30.9 Å². The first kappa shape index (κ1) is 31.2. The molecular weight excluding hydrogens is 561 g/mol. The van der Waals surface area contributed by atoms with Crippen LogP contribution >= 0.6 is 23.2 Å². The lowest BCUT2D eigenvalue weighted by Crippen LogP contribution is -2.58. The second kappa shape index (κ2) is 13.3. The van der Waals surface area contributed by atoms with Crippen LogP contribution in [0.15, 0.2) is 42.5 Å². The summed E-state index contributed by atoms with van der Waals surface area (Å²) in [6, 6.07) is 9.44. The fourth-order valence-corrected chi connectivity index (χ4v) is 5.34. The lowest BCUT2D eigenvalue weighted by atomic mass is 9.79. The van der Waals surface area contributed by atoms with E-state index in [4.69, 9.17) is 33.7 Å². The molecule has 3 amide bonds. The van der Waals surface area contributed by atoms with Gasteiger partial charge in [-0.1, -0.05) is 55.2 Å². The van der Waals surface area contributed by atoms with Gasteiger partial charge in [-0.2, -0.15) is 0 Å². The van der Waals surface area contributed by atoms with Crippen molar-refractivity contribution in [1.29, 1.82) is 0 Å². The molecule has 1 aliphatic heterocycles. The molecule has 10 nitrogen and oxygen atoms in total. The van der Waals surface area contributed by atoms with E-state index in [0.29, 0.717) is 26.9 Å². The van der Waals surface area contributed by atoms with E-state index in [-0.39, 0.29) is 38.8 Å². The topological polar surface area (TPSA) is 159 Å². The van der Waals surface area contributed by atoms with Crippen molar-refractivity contribution >= 4 is 46.9 Å². The number of rotatable bonds is 12. The Kier molecular flexibility index (Phi) is 10.4. The summed E-state index contributed by atoms with van der Waals surface area (Å²) in [4.78, 5) is 52.1. The summed E-state index contributed by atoms with van der Waals surface area (Å²) in [6.07, 6.45) is -0.909. The minimum Gasteiger partial charge on any atom is -0.489 e. The summed E-state index contributed by atoms with van der Waals surface area (Å²) in [7, 11) is 0. The van der Waals surface area contributed by atoms with Crippen LogP contribution in [0.4, 0.5) is 0 Å². The zero-order valence-electron chi connectivity index (χ0n) is 22.2. The van der Waals surface area contributed by atoms with Gasteiger partial charge in [0.25, 0.3) is 0 Å². The molecule has 0 aromatic heterocycles. The number of carbonyl (C=O) groups excluding carboxylic acids is 3. The molecule has 1 fully saturated rings. The van der Waals surface area contributed by atoms with Crippen LogP contribution < -0.4 is 15.8 Å². The lowest BCUT2D eigenvalue weighted by molar-refractivity contribution is -0.156. The van der Waals surface area contributed by atoms with Crippen molar-refractivity contribution in [3.8, 4) is 5.75 Å². The van der Waals surface area contributed by atoms with Crippen molar-refractivity contribution in [2.75, 3.05) is 6.54 Å². The second-order valence-corrected chi connectivity index (χ2v) is 10.6. The molecule has 12 heteroatoms. The Hall–Kier alpha value is -3.34. The summed E-state index contributed by atoms with van der Waals surface area (Å²) in [6.45, 7) is 3.27. The molecular formula is C28H33Cl2N3O7. The molecule has 3 rings (SSSR count). The van der Waals surface area contributed by atoms with Crippen LogP contribution in [0.25, 0.3) is 0 Å². The number of nitrogens with two attached hydrogens (primary N) is 1. The molecule has 1 saturated heterocycles. The highest BCUT2D eigenvalue weighted by Gasteiger charge is 2.50. The monoisotopic (exact) mass is 593 g/mol. The Balaban J connectivity index is 1.72. The molecule has 0 spiro atoms. The average molecular weight is 594 g/mol. The largest absolute Gasteiger partial charge is 0.489 e. The van der Waals surface area contributed by atoms with Crippen molar-refractivity contribution < 1.29 is 34.1 Å². The minimum absolute atomic E-state index is 0.0188. The number of carboxylic acid groups (broad SMARTS) is 1. The number of amides is 3. The first-order valence-electron chi connectivity index (χ1n) is 12.9. The fraction of sp³-hybridized carbons (Fsp3) is 0.429. The molecule has 0 saturated carbocycles. The smallest absolute Gasteiger partial charge is 0.326 e. The first-order chi connectivity index (χ1) is 18.9. The number of carbonyl (C=O) groups is 4. The first-order valence-corrected chi connectivity index (χ1v) is 13.7. The molecule has 40 heavy (non-hydrogen) atoms. The third-order valence-corrected chi connectivity index (χ3v) is 8.04. The van der Waals surface area contributed by atoms with E-state index in [0.717, 1.165) is 4.90 Å². The number of hydrogen-bond donors (Lipinski definition) is 4. The molecule has 2 aromatic rings. The van der Waals surface area contributed by atoms with Crippen LogP contribution in [0, 0.1) is 5.41 Å². The molecule has 0 bridgehead atoms. The Morgan fingerprint density at radius 2 is 1.70 bits per heavy atom. The van der Waals surface area contributed by atoms with Crippen LogP contribution in [0.3, 0.4) is 0 Å². The van der Waals surface area contributed by atoms with Gasteiger partial charge >= 0.3 is 5.97 Å². The fourth-order valence-electron chi connectivity index (χ4n) is 4.83. The SMILES string of the molecule is CCC(CC)(C(=O)N[C@@H](Cc1ccc(OCc2c(Cl)cccc2Cl)cc1)C(=O)O)C(=O)N1C[C@H](O)CC1C(N)=O. The van der Waals surface area contributed by atoms with E-state index in [2.05, 4.69) is 5.32 Å². The normalized spacial score (nSPS) is 17.8. The molecule has 5 N–H and O–H groups in total. The average Bonchev–Trinajstić information content (AvgIpc) is 3.31. The van der Waals surface area contributed by atoms with Gasteiger partial charge in [0.05, 0.1) is 6.10 Å². The standard InChI is InChI=1S/C28H33Cl2N3O7/c1-3-28(4-2,27(39)33-14-17(34)13-23(33)24(31)35)26(38)32-22(25(36)37)12-16-8-10-18(11-9-16)40-15-19-20(29)6-5-7-21(19)30/h5-11,17,22-23,34H,3-4,12-15H2,1-2H3,(H2,31,35)(H,32,38)(H,36,37)/t17-,22+,23?/m1/s1. The number of aliphatic hydroxyl groups is 1. The summed E-state index contributed by atoms with van der Waals surface area (Å²) < 4.78 is 5.76. The van der Waals surface area contributed by atoms with Crippen LogP contribution in [-0.4, -0.2) is 63.5 Å². The summed E-state index contributed by atoms with van der Waals surface area (Å²) in [5.41, 5.74) is 5.04. The van der Waals surface area contributed by atoms with Gasteiger partial charge in [0.2, 0.25) is 17.7 Å². The van der Waals surface area contributed by atoms with Crippen LogP contribution in [-0.2, 0) is 32.2 Å². The maximum atomic E-state index is 13.6. The Bertz CT molecular complexity index is 1230. The molecule has 216 valence electrons. The molecule has 0 aliphatic carbocycles. The van der Waals surface area contributed by atoms with Gasteiger partial charge in [-0.05, 0) is 42.7 Å². The van der Waals surface area contributed by atoms with E-state index in [1.165, 1.54) is 0 Å². The number of nitrogens with one attached hydrogen (secondary N) is 1. The van der Waals surface area contributed by atoms with Crippen molar-refractivity contribution in [3.05, 3.63) is 63.6 Å². The third kappa shape index (κ3) is 6.86. The number of aliphatic hydroxyl groups excluding tert-OH is 1. The molecule has 2 aromatic carbocycles. The third-order valence-electron chi connectivity index (χ3n) is 7.33. The van der Waals surface area contributed by atoms with Crippen LogP contribution in [0.1, 0.15) is 44.2 Å². The van der Waals surface area contributed by atoms with E-state index in [1.54, 1.807) is 56.3 Å². The van der Waals surface area contributed by atoms with Gasteiger partial charge in [-0.3, -0.25) is 14.4 Å². The number of primary amides is 1. The van der Waals surface area contributed by atoms with Gasteiger partial charge in [-0.25, -0.2) is 4.79 Å². The van der Waals surface area contributed by atoms with Gasteiger partial charge in [0.15, 0.2) is 0 Å². The van der Waals surface area contributed by atoms with Crippen molar-refractivity contribution in [2.24, 2.45) is 11.1 Å². The quantitative estimate of drug-likeness (QED) is 0.275. The number of likely N-dealkylation sites (tertiary alicyclic amines) is 1. The highest BCUT2D eigenvalue weighted by atomic mass is 35.5.